The van der Waals surface area contributed by atoms with E-state index >= 15 is 0 Å². The van der Waals surface area contributed by atoms with Gasteiger partial charge in [0, 0.05) is 29.6 Å². The summed E-state index contributed by atoms with van der Waals surface area (Å²) in [7, 11) is 0. The van der Waals surface area contributed by atoms with Gasteiger partial charge in [-0.25, -0.2) is 0 Å². The molecule has 2 aromatic carbocycles. The van der Waals surface area contributed by atoms with Crippen molar-refractivity contribution in [1.82, 2.24) is 9.13 Å². The Bertz CT molecular complexity index is 790. The standard InChI is InChI=1S/C17H15ClN2S/c18-15-7-4-8-16(13-15)20-12-11-19(17(20)21)10-9-14-5-2-1-3-6-14/h1-8,11-13H,9-10H2. The summed E-state index contributed by atoms with van der Waals surface area (Å²) in [5, 5.41) is 0.714. The van der Waals surface area contributed by atoms with E-state index in [1.54, 1.807) is 0 Å². The number of aryl methyl sites for hydroxylation is 2. The van der Waals surface area contributed by atoms with Gasteiger partial charge in [-0.15, -0.1) is 0 Å². The van der Waals surface area contributed by atoms with E-state index in [2.05, 4.69) is 28.8 Å². The molecule has 0 bridgehead atoms. The number of aromatic nitrogens is 2. The Balaban J connectivity index is 1.81. The molecule has 3 rings (SSSR count). The SMILES string of the molecule is S=c1n(CCc2ccccc2)ccn1-c1cccc(Cl)c1. The van der Waals surface area contributed by atoms with Crippen molar-refractivity contribution in [3.05, 3.63) is 82.3 Å². The minimum atomic E-state index is 0.714. The molecule has 0 spiro atoms. The van der Waals surface area contributed by atoms with E-state index in [1.807, 2.05) is 47.3 Å². The molecular weight excluding hydrogens is 300 g/mol. The van der Waals surface area contributed by atoms with E-state index in [9.17, 15) is 0 Å². The van der Waals surface area contributed by atoms with E-state index in [1.165, 1.54) is 5.56 Å². The van der Waals surface area contributed by atoms with Crippen LogP contribution in [-0.4, -0.2) is 9.13 Å². The molecule has 0 N–H and O–H groups in total. The molecule has 0 saturated heterocycles. The summed E-state index contributed by atoms with van der Waals surface area (Å²) in [6.45, 7) is 0.871. The Labute approximate surface area is 134 Å². The molecule has 1 heterocycles. The van der Waals surface area contributed by atoms with Crippen molar-refractivity contribution in [1.29, 1.82) is 0 Å². The van der Waals surface area contributed by atoms with Gasteiger partial charge in [0.05, 0.1) is 0 Å². The zero-order valence-electron chi connectivity index (χ0n) is 11.4. The number of hydrogen-bond acceptors (Lipinski definition) is 1. The summed E-state index contributed by atoms with van der Waals surface area (Å²) in [6.07, 6.45) is 4.97. The van der Waals surface area contributed by atoms with E-state index in [4.69, 9.17) is 23.8 Å². The number of hydrogen-bond donors (Lipinski definition) is 0. The van der Waals surface area contributed by atoms with Gasteiger partial charge >= 0.3 is 0 Å². The fourth-order valence-corrected chi connectivity index (χ4v) is 2.80. The summed E-state index contributed by atoms with van der Waals surface area (Å²) < 4.78 is 4.85. The molecule has 0 aliphatic carbocycles. The molecule has 106 valence electrons. The number of imidazole rings is 1. The van der Waals surface area contributed by atoms with Crippen LogP contribution in [0.4, 0.5) is 0 Å². The lowest BCUT2D eigenvalue weighted by atomic mass is 10.1. The van der Waals surface area contributed by atoms with Crippen LogP contribution in [0.5, 0.6) is 0 Å². The summed E-state index contributed by atoms with van der Waals surface area (Å²) in [5.74, 6) is 0. The molecule has 0 aliphatic heterocycles. The topological polar surface area (TPSA) is 9.86 Å². The van der Waals surface area contributed by atoms with Crippen LogP contribution < -0.4 is 0 Å². The van der Waals surface area contributed by atoms with Crippen LogP contribution in [0.1, 0.15) is 5.56 Å². The third kappa shape index (κ3) is 3.26. The molecule has 4 heteroatoms. The van der Waals surface area contributed by atoms with Gasteiger partial charge in [-0.05, 0) is 42.4 Å². The van der Waals surface area contributed by atoms with Gasteiger partial charge in [0.15, 0.2) is 4.77 Å². The minimum Gasteiger partial charge on any atom is -0.323 e. The third-order valence-electron chi connectivity index (χ3n) is 3.42. The number of nitrogens with zero attached hydrogens (tertiary/aromatic N) is 2. The lowest BCUT2D eigenvalue weighted by Gasteiger charge is -2.05. The first-order valence-corrected chi connectivity index (χ1v) is 7.60. The molecule has 2 nitrogen and oxygen atoms in total. The number of benzene rings is 2. The highest BCUT2D eigenvalue weighted by molar-refractivity contribution is 7.71. The Morgan fingerprint density at radius 3 is 2.52 bits per heavy atom. The average molecular weight is 315 g/mol. The monoisotopic (exact) mass is 314 g/mol. The highest BCUT2D eigenvalue weighted by atomic mass is 35.5. The number of halogens is 1. The lowest BCUT2D eigenvalue weighted by molar-refractivity contribution is 0.679. The lowest BCUT2D eigenvalue weighted by Crippen LogP contribution is -2.02. The average Bonchev–Trinajstić information content (AvgIpc) is 2.87. The van der Waals surface area contributed by atoms with Crippen molar-refractivity contribution >= 4 is 23.8 Å². The summed E-state index contributed by atoms with van der Waals surface area (Å²) in [5.41, 5.74) is 2.31. The molecule has 0 fully saturated rings. The van der Waals surface area contributed by atoms with Gasteiger partial charge in [-0.2, -0.15) is 0 Å². The Kier molecular flexibility index (Phi) is 4.23. The second kappa shape index (κ2) is 6.29. The van der Waals surface area contributed by atoms with E-state index in [-0.39, 0.29) is 0 Å². The molecule has 0 aliphatic rings. The molecule has 0 amide bonds. The van der Waals surface area contributed by atoms with Crippen molar-refractivity contribution in [3.8, 4) is 5.69 Å². The summed E-state index contributed by atoms with van der Waals surface area (Å²) >= 11 is 11.6. The fourth-order valence-electron chi connectivity index (χ4n) is 2.30. The highest BCUT2D eigenvalue weighted by Crippen LogP contribution is 2.16. The predicted octanol–water partition coefficient (Wildman–Crippen LogP) is 4.90. The van der Waals surface area contributed by atoms with Crippen LogP contribution in [0.3, 0.4) is 0 Å². The van der Waals surface area contributed by atoms with E-state index in [0.29, 0.717) is 5.02 Å². The fraction of sp³-hybridized carbons (Fsp3) is 0.118. The van der Waals surface area contributed by atoms with Gasteiger partial charge < -0.3 is 4.57 Å². The first kappa shape index (κ1) is 14.1. The molecule has 0 unspecified atom stereocenters. The van der Waals surface area contributed by atoms with Gasteiger partial charge in [0.1, 0.15) is 0 Å². The quantitative estimate of drug-likeness (QED) is 0.622. The molecule has 1 aromatic heterocycles. The van der Waals surface area contributed by atoms with E-state index < -0.39 is 0 Å². The first-order chi connectivity index (χ1) is 10.2. The third-order valence-corrected chi connectivity index (χ3v) is 4.08. The Morgan fingerprint density at radius 2 is 1.76 bits per heavy atom. The van der Waals surface area contributed by atoms with Crippen molar-refractivity contribution in [2.75, 3.05) is 0 Å². The Hall–Kier alpha value is -1.84. The normalized spacial score (nSPS) is 10.7. The molecule has 0 saturated carbocycles. The second-order valence-electron chi connectivity index (χ2n) is 4.86. The smallest absolute Gasteiger partial charge is 0.184 e. The van der Waals surface area contributed by atoms with Crippen LogP contribution >= 0.6 is 23.8 Å². The van der Waals surface area contributed by atoms with Crippen LogP contribution in [0.25, 0.3) is 5.69 Å². The van der Waals surface area contributed by atoms with E-state index in [0.717, 1.165) is 23.4 Å². The Morgan fingerprint density at radius 1 is 0.952 bits per heavy atom. The molecular formula is C17H15ClN2S. The van der Waals surface area contributed by atoms with Gasteiger partial charge in [0.2, 0.25) is 0 Å². The van der Waals surface area contributed by atoms with Crippen molar-refractivity contribution < 1.29 is 0 Å². The maximum atomic E-state index is 6.04. The zero-order valence-corrected chi connectivity index (χ0v) is 13.0. The van der Waals surface area contributed by atoms with Gasteiger partial charge in [0.25, 0.3) is 0 Å². The maximum absolute atomic E-state index is 6.04. The van der Waals surface area contributed by atoms with Crippen LogP contribution in [0.2, 0.25) is 5.02 Å². The van der Waals surface area contributed by atoms with Gasteiger partial charge in [-0.3, -0.25) is 4.57 Å². The van der Waals surface area contributed by atoms with Crippen LogP contribution in [0.15, 0.2) is 67.0 Å². The summed E-state index contributed by atoms with van der Waals surface area (Å²) in [4.78, 5) is 0. The minimum absolute atomic E-state index is 0.714. The second-order valence-corrected chi connectivity index (χ2v) is 5.66. The maximum Gasteiger partial charge on any atom is 0.184 e. The van der Waals surface area contributed by atoms with Crippen molar-refractivity contribution in [2.24, 2.45) is 0 Å². The van der Waals surface area contributed by atoms with Crippen LogP contribution in [0, 0.1) is 4.77 Å². The highest BCUT2D eigenvalue weighted by Gasteiger charge is 2.03. The van der Waals surface area contributed by atoms with Crippen molar-refractivity contribution in [2.45, 2.75) is 13.0 Å². The predicted molar refractivity (Wildman–Crippen MR) is 89.7 cm³/mol. The molecule has 0 atom stereocenters. The van der Waals surface area contributed by atoms with Gasteiger partial charge in [-0.1, -0.05) is 48.0 Å². The molecule has 3 aromatic rings. The zero-order chi connectivity index (χ0) is 14.7. The summed E-state index contributed by atoms with van der Waals surface area (Å²) in [6, 6.07) is 18.1. The van der Waals surface area contributed by atoms with Crippen molar-refractivity contribution in [3.63, 3.8) is 0 Å². The molecule has 21 heavy (non-hydrogen) atoms. The van der Waals surface area contributed by atoms with Crippen LogP contribution in [-0.2, 0) is 13.0 Å². The number of rotatable bonds is 4. The largest absolute Gasteiger partial charge is 0.323 e. The first-order valence-electron chi connectivity index (χ1n) is 6.82. The molecule has 0 radical (unpaired) electrons.